The van der Waals surface area contributed by atoms with E-state index >= 15 is 0 Å². The maximum absolute atomic E-state index is 10.6. The van der Waals surface area contributed by atoms with Gasteiger partial charge in [0.1, 0.15) is 6.29 Å². The fraction of sp³-hybridized carbons (Fsp3) is 0.875. The van der Waals surface area contributed by atoms with Crippen molar-refractivity contribution in [3.63, 3.8) is 0 Å². The second-order valence-corrected chi connectivity index (χ2v) is 3.38. The lowest BCUT2D eigenvalue weighted by atomic mass is 10.2. The highest BCUT2D eigenvalue weighted by Crippen LogP contribution is 2.23. The number of nitrogens with zero attached hydrogens (tertiary/aromatic N) is 1. The number of carbonyl (C=O) groups excluding carboxylic acids is 1. The summed E-state index contributed by atoms with van der Waals surface area (Å²) in [5.41, 5.74) is 0. The fourth-order valence-electron chi connectivity index (χ4n) is 2.16. The molecule has 0 aromatic heterocycles. The van der Waals surface area contributed by atoms with Crippen LogP contribution in [0.3, 0.4) is 0 Å². The smallest absolute Gasteiger partial charge is 0.137 e. The molecule has 0 aromatic carbocycles. The molecule has 0 radical (unpaired) electrons. The third-order valence-electron chi connectivity index (χ3n) is 2.77. The fourth-order valence-corrected chi connectivity index (χ4v) is 2.16. The second kappa shape index (κ2) is 2.91. The predicted molar refractivity (Wildman–Crippen MR) is 42.4 cm³/mol. The summed E-state index contributed by atoms with van der Waals surface area (Å²) in [6, 6.07) is 0.862. The lowest BCUT2D eigenvalue weighted by Crippen LogP contribution is -2.50. The third-order valence-corrected chi connectivity index (χ3v) is 2.77. The second-order valence-electron chi connectivity index (χ2n) is 3.38. The Labute approximate surface area is 66.8 Å². The molecule has 0 aliphatic carbocycles. The van der Waals surface area contributed by atoms with Gasteiger partial charge in [-0.1, -0.05) is 0 Å². The minimum atomic E-state index is 0.224. The Morgan fingerprint density at radius 2 is 2.36 bits per heavy atom. The van der Waals surface area contributed by atoms with E-state index in [-0.39, 0.29) is 6.04 Å². The summed E-state index contributed by atoms with van der Waals surface area (Å²) in [6.45, 7) is 3.17. The Morgan fingerprint density at radius 1 is 1.45 bits per heavy atom. The summed E-state index contributed by atoms with van der Waals surface area (Å²) in [4.78, 5) is 12.9. The van der Waals surface area contributed by atoms with Crippen LogP contribution in [0.25, 0.3) is 0 Å². The number of hydrogen-bond acceptors (Lipinski definition) is 3. The molecule has 0 aromatic rings. The van der Waals surface area contributed by atoms with Crippen LogP contribution in [0.2, 0.25) is 0 Å². The monoisotopic (exact) mass is 154 g/mol. The summed E-state index contributed by atoms with van der Waals surface area (Å²) >= 11 is 0. The molecule has 1 N–H and O–H groups in total. The van der Waals surface area contributed by atoms with E-state index < -0.39 is 0 Å². The van der Waals surface area contributed by atoms with E-state index in [1.807, 2.05) is 0 Å². The van der Waals surface area contributed by atoms with Crippen LogP contribution < -0.4 is 5.32 Å². The topological polar surface area (TPSA) is 32.3 Å². The quantitative estimate of drug-likeness (QED) is 0.523. The Morgan fingerprint density at radius 3 is 3.18 bits per heavy atom. The number of aldehydes is 1. The highest BCUT2D eigenvalue weighted by Gasteiger charge is 2.34. The number of carbonyl (C=O) groups is 1. The van der Waals surface area contributed by atoms with E-state index in [1.54, 1.807) is 0 Å². The van der Waals surface area contributed by atoms with Crippen molar-refractivity contribution in [1.82, 2.24) is 10.2 Å². The van der Waals surface area contributed by atoms with Crippen molar-refractivity contribution in [3.8, 4) is 0 Å². The van der Waals surface area contributed by atoms with Gasteiger partial charge < -0.3 is 10.1 Å². The van der Waals surface area contributed by atoms with E-state index in [2.05, 4.69) is 10.2 Å². The summed E-state index contributed by atoms with van der Waals surface area (Å²) in [5.74, 6) is 0. The van der Waals surface area contributed by atoms with Crippen molar-refractivity contribution in [1.29, 1.82) is 0 Å². The van der Waals surface area contributed by atoms with E-state index in [1.165, 1.54) is 6.42 Å². The van der Waals surface area contributed by atoms with Crippen molar-refractivity contribution in [2.45, 2.75) is 24.9 Å². The molecule has 3 nitrogen and oxygen atoms in total. The van der Waals surface area contributed by atoms with Gasteiger partial charge in [0.15, 0.2) is 0 Å². The largest absolute Gasteiger partial charge is 0.314 e. The Balaban J connectivity index is 2.03. The molecule has 2 fully saturated rings. The van der Waals surface area contributed by atoms with Crippen LogP contribution in [0, 0.1) is 0 Å². The minimum absolute atomic E-state index is 0.224. The first-order chi connectivity index (χ1) is 5.42. The van der Waals surface area contributed by atoms with E-state index in [4.69, 9.17) is 0 Å². The molecule has 0 bridgehead atoms. The van der Waals surface area contributed by atoms with Crippen molar-refractivity contribution in [3.05, 3.63) is 0 Å². The highest BCUT2D eigenvalue weighted by molar-refractivity contribution is 5.58. The van der Waals surface area contributed by atoms with Crippen molar-refractivity contribution >= 4 is 6.29 Å². The van der Waals surface area contributed by atoms with Crippen LogP contribution in [0.1, 0.15) is 12.8 Å². The average molecular weight is 154 g/mol. The van der Waals surface area contributed by atoms with Gasteiger partial charge in [0.2, 0.25) is 0 Å². The summed E-state index contributed by atoms with van der Waals surface area (Å²) in [6.07, 6.45) is 3.36. The first-order valence-electron chi connectivity index (χ1n) is 4.33. The molecule has 11 heavy (non-hydrogen) atoms. The highest BCUT2D eigenvalue weighted by atomic mass is 16.1. The lowest BCUT2D eigenvalue weighted by Gasteiger charge is -2.32. The zero-order valence-electron chi connectivity index (χ0n) is 6.62. The van der Waals surface area contributed by atoms with Gasteiger partial charge in [0.05, 0.1) is 6.04 Å². The van der Waals surface area contributed by atoms with Crippen LogP contribution in [0.15, 0.2) is 0 Å². The SMILES string of the molecule is O=CC1CC[C@@H]2CNCCN12. The van der Waals surface area contributed by atoms with Gasteiger partial charge >= 0.3 is 0 Å². The summed E-state index contributed by atoms with van der Waals surface area (Å²) in [7, 11) is 0. The van der Waals surface area contributed by atoms with Gasteiger partial charge in [-0.15, -0.1) is 0 Å². The van der Waals surface area contributed by atoms with E-state index in [0.29, 0.717) is 6.04 Å². The molecule has 62 valence electrons. The molecule has 2 saturated heterocycles. The Kier molecular flexibility index (Phi) is 1.92. The minimum Gasteiger partial charge on any atom is -0.314 e. The molecular weight excluding hydrogens is 140 g/mol. The molecule has 2 atom stereocenters. The number of nitrogens with one attached hydrogen (secondary N) is 1. The Bertz CT molecular complexity index is 160. The molecule has 2 aliphatic heterocycles. The predicted octanol–water partition coefficient (Wildman–Crippen LogP) is -0.378. The number of fused-ring (bicyclic) bond motifs is 1. The van der Waals surface area contributed by atoms with Crippen molar-refractivity contribution in [2.24, 2.45) is 0 Å². The van der Waals surface area contributed by atoms with Gasteiger partial charge in [-0.25, -0.2) is 0 Å². The number of rotatable bonds is 1. The molecule has 2 heterocycles. The maximum Gasteiger partial charge on any atom is 0.137 e. The van der Waals surface area contributed by atoms with Crippen LogP contribution in [-0.2, 0) is 4.79 Å². The molecule has 0 spiro atoms. The molecular formula is C8H14N2O. The molecule has 1 unspecified atom stereocenters. The summed E-state index contributed by atoms with van der Waals surface area (Å²) in [5, 5.41) is 3.34. The number of piperazine rings is 1. The Hall–Kier alpha value is -0.410. The van der Waals surface area contributed by atoms with Crippen molar-refractivity contribution < 1.29 is 4.79 Å². The van der Waals surface area contributed by atoms with E-state index in [9.17, 15) is 4.79 Å². The zero-order valence-corrected chi connectivity index (χ0v) is 6.62. The first kappa shape index (κ1) is 7.25. The van der Waals surface area contributed by atoms with Crippen LogP contribution >= 0.6 is 0 Å². The van der Waals surface area contributed by atoms with E-state index in [0.717, 1.165) is 32.3 Å². The normalized spacial score (nSPS) is 38.5. The molecule has 3 heteroatoms. The number of hydrogen-bond donors (Lipinski definition) is 1. The lowest BCUT2D eigenvalue weighted by molar-refractivity contribution is -0.112. The van der Waals surface area contributed by atoms with Crippen molar-refractivity contribution in [2.75, 3.05) is 19.6 Å². The molecule has 0 amide bonds. The molecule has 2 aliphatic rings. The van der Waals surface area contributed by atoms with Gasteiger partial charge in [-0.2, -0.15) is 0 Å². The van der Waals surface area contributed by atoms with Crippen LogP contribution in [0.4, 0.5) is 0 Å². The van der Waals surface area contributed by atoms with Crippen LogP contribution in [0.5, 0.6) is 0 Å². The first-order valence-corrected chi connectivity index (χ1v) is 4.33. The van der Waals surface area contributed by atoms with Gasteiger partial charge in [-0.3, -0.25) is 4.90 Å². The maximum atomic E-state index is 10.6. The summed E-state index contributed by atoms with van der Waals surface area (Å²) < 4.78 is 0. The molecule has 0 saturated carbocycles. The molecule has 2 rings (SSSR count). The van der Waals surface area contributed by atoms with Gasteiger partial charge in [0, 0.05) is 25.7 Å². The standard InChI is InChI=1S/C8H14N2O/c11-6-8-2-1-7-5-9-3-4-10(7)8/h6-9H,1-5H2/t7-,8?/m1/s1. The third kappa shape index (κ3) is 1.19. The van der Waals surface area contributed by atoms with Gasteiger partial charge in [0.25, 0.3) is 0 Å². The van der Waals surface area contributed by atoms with Gasteiger partial charge in [-0.05, 0) is 12.8 Å². The average Bonchev–Trinajstić information content (AvgIpc) is 2.47. The zero-order chi connectivity index (χ0) is 7.68. The van der Waals surface area contributed by atoms with Crippen LogP contribution in [-0.4, -0.2) is 42.9 Å².